The first-order valence-corrected chi connectivity index (χ1v) is 12.4. The standard InChI is InChI=1S/C27H30FN5O3/c1-3-36-21-8-9-23-22(16-21)17(2)30-27(31-23)32-13-10-19(11-14-32)26(35)33-15-12-29-25(34)24(33)18-4-6-20(28)7-5-18/h4-9,16,19,24H,3,10-15H2,1-2H3,(H,29,34). The van der Waals surface area contributed by atoms with E-state index < -0.39 is 6.04 Å². The Labute approximate surface area is 209 Å². The summed E-state index contributed by atoms with van der Waals surface area (Å²) in [7, 11) is 0. The number of fused-ring (bicyclic) bond motifs is 1. The van der Waals surface area contributed by atoms with Crippen molar-refractivity contribution in [3.05, 3.63) is 59.5 Å². The van der Waals surface area contributed by atoms with Crippen molar-refractivity contribution in [2.45, 2.75) is 32.7 Å². The van der Waals surface area contributed by atoms with Crippen LogP contribution in [0.25, 0.3) is 10.9 Å². The Kier molecular flexibility index (Phi) is 6.71. The monoisotopic (exact) mass is 491 g/mol. The molecule has 2 amide bonds. The van der Waals surface area contributed by atoms with Crippen LogP contribution in [-0.2, 0) is 9.59 Å². The van der Waals surface area contributed by atoms with Crippen LogP contribution >= 0.6 is 0 Å². The minimum Gasteiger partial charge on any atom is -0.494 e. The molecule has 188 valence electrons. The van der Waals surface area contributed by atoms with E-state index in [0.717, 1.165) is 22.3 Å². The second-order valence-corrected chi connectivity index (χ2v) is 9.26. The molecule has 1 N–H and O–H groups in total. The number of anilines is 1. The number of nitrogens with one attached hydrogen (secondary N) is 1. The first kappa shape index (κ1) is 24.0. The van der Waals surface area contributed by atoms with Crippen LogP contribution in [0, 0.1) is 18.7 Å². The van der Waals surface area contributed by atoms with Crippen LogP contribution in [0.1, 0.15) is 37.1 Å². The topological polar surface area (TPSA) is 87.7 Å². The maximum absolute atomic E-state index is 13.5. The van der Waals surface area contributed by atoms with E-state index in [2.05, 4.69) is 10.2 Å². The largest absolute Gasteiger partial charge is 0.494 e. The summed E-state index contributed by atoms with van der Waals surface area (Å²) in [6.45, 7) is 6.67. The van der Waals surface area contributed by atoms with Crippen molar-refractivity contribution in [1.82, 2.24) is 20.2 Å². The van der Waals surface area contributed by atoms with Crippen molar-refractivity contribution in [2.75, 3.05) is 37.7 Å². The Hall–Kier alpha value is -3.75. The molecule has 5 rings (SSSR count). The number of amides is 2. The number of aromatic nitrogens is 2. The highest BCUT2D eigenvalue weighted by atomic mass is 19.1. The minimum absolute atomic E-state index is 0.0297. The average Bonchev–Trinajstić information content (AvgIpc) is 2.89. The van der Waals surface area contributed by atoms with Gasteiger partial charge in [-0.15, -0.1) is 0 Å². The van der Waals surface area contributed by atoms with Gasteiger partial charge in [0.1, 0.15) is 17.6 Å². The van der Waals surface area contributed by atoms with Gasteiger partial charge in [-0.3, -0.25) is 9.59 Å². The quantitative estimate of drug-likeness (QED) is 0.589. The van der Waals surface area contributed by atoms with Crippen molar-refractivity contribution < 1.29 is 18.7 Å². The Morgan fingerprint density at radius 2 is 1.86 bits per heavy atom. The summed E-state index contributed by atoms with van der Waals surface area (Å²) in [6, 6.07) is 10.9. The van der Waals surface area contributed by atoms with Crippen LogP contribution < -0.4 is 15.0 Å². The fourth-order valence-corrected chi connectivity index (χ4v) is 5.08. The van der Waals surface area contributed by atoms with Crippen molar-refractivity contribution in [2.24, 2.45) is 5.92 Å². The lowest BCUT2D eigenvalue weighted by Gasteiger charge is -2.39. The molecule has 1 aromatic heterocycles. The lowest BCUT2D eigenvalue weighted by atomic mass is 9.93. The normalized spacial score (nSPS) is 18.9. The van der Waals surface area contributed by atoms with Gasteiger partial charge in [0, 0.05) is 37.5 Å². The highest BCUT2D eigenvalue weighted by Gasteiger charge is 2.38. The van der Waals surface area contributed by atoms with E-state index in [1.807, 2.05) is 32.0 Å². The summed E-state index contributed by atoms with van der Waals surface area (Å²) >= 11 is 0. The SMILES string of the molecule is CCOc1ccc2nc(N3CCC(C(=O)N4CCNC(=O)C4c4ccc(F)cc4)CC3)nc(C)c2c1. The zero-order valence-corrected chi connectivity index (χ0v) is 20.5. The van der Waals surface area contributed by atoms with Gasteiger partial charge in [-0.2, -0.15) is 0 Å². The molecule has 3 aromatic rings. The highest BCUT2D eigenvalue weighted by Crippen LogP contribution is 2.30. The Balaban J connectivity index is 1.29. The van der Waals surface area contributed by atoms with Crippen molar-refractivity contribution in [3.8, 4) is 5.75 Å². The number of hydrogen-bond acceptors (Lipinski definition) is 6. The predicted octanol–water partition coefficient (Wildman–Crippen LogP) is 3.39. The summed E-state index contributed by atoms with van der Waals surface area (Å²) in [5, 5.41) is 3.80. The number of rotatable bonds is 5. The molecule has 1 atom stereocenters. The molecule has 0 radical (unpaired) electrons. The fourth-order valence-electron chi connectivity index (χ4n) is 5.08. The fraction of sp³-hybridized carbons (Fsp3) is 0.407. The molecule has 0 aliphatic carbocycles. The van der Waals surface area contributed by atoms with Crippen LogP contribution in [-0.4, -0.2) is 59.5 Å². The van der Waals surface area contributed by atoms with Gasteiger partial charge < -0.3 is 19.9 Å². The number of piperidine rings is 1. The second kappa shape index (κ2) is 10.1. The Bertz CT molecular complexity index is 1270. The summed E-state index contributed by atoms with van der Waals surface area (Å²) in [5.74, 6) is 0.640. The number of benzene rings is 2. The van der Waals surface area contributed by atoms with Crippen LogP contribution in [0.4, 0.5) is 10.3 Å². The summed E-state index contributed by atoms with van der Waals surface area (Å²) in [6.07, 6.45) is 1.30. The zero-order chi connectivity index (χ0) is 25.2. The molecular weight excluding hydrogens is 461 g/mol. The number of halogens is 1. The van der Waals surface area contributed by atoms with E-state index in [1.54, 1.807) is 17.0 Å². The van der Waals surface area contributed by atoms with Crippen LogP contribution in [0.15, 0.2) is 42.5 Å². The summed E-state index contributed by atoms with van der Waals surface area (Å²) < 4.78 is 19.0. The molecule has 0 saturated carbocycles. The van der Waals surface area contributed by atoms with Crippen molar-refractivity contribution >= 4 is 28.7 Å². The number of aryl methyl sites for hydroxylation is 1. The predicted molar refractivity (Wildman–Crippen MR) is 134 cm³/mol. The van der Waals surface area contributed by atoms with Gasteiger partial charge in [0.15, 0.2) is 0 Å². The van der Waals surface area contributed by atoms with E-state index in [1.165, 1.54) is 12.1 Å². The van der Waals surface area contributed by atoms with Gasteiger partial charge in [0.05, 0.1) is 17.8 Å². The molecule has 36 heavy (non-hydrogen) atoms. The summed E-state index contributed by atoms with van der Waals surface area (Å²) in [4.78, 5) is 39.5. The Morgan fingerprint density at radius 1 is 1.11 bits per heavy atom. The molecule has 0 bridgehead atoms. The number of ether oxygens (including phenoxy) is 1. The number of piperazine rings is 1. The van der Waals surface area contributed by atoms with Crippen molar-refractivity contribution in [1.29, 1.82) is 0 Å². The average molecular weight is 492 g/mol. The lowest BCUT2D eigenvalue weighted by molar-refractivity contribution is -0.147. The number of carbonyl (C=O) groups is 2. The van der Waals surface area contributed by atoms with Gasteiger partial charge in [-0.05, 0) is 62.6 Å². The molecule has 2 aliphatic rings. The smallest absolute Gasteiger partial charge is 0.247 e. The van der Waals surface area contributed by atoms with Crippen LogP contribution in [0.5, 0.6) is 5.75 Å². The van der Waals surface area contributed by atoms with E-state index >= 15 is 0 Å². The third-order valence-electron chi connectivity index (χ3n) is 6.96. The maximum Gasteiger partial charge on any atom is 0.247 e. The first-order valence-electron chi connectivity index (χ1n) is 12.4. The van der Waals surface area contributed by atoms with E-state index in [9.17, 15) is 14.0 Å². The van der Waals surface area contributed by atoms with Crippen molar-refractivity contribution in [3.63, 3.8) is 0 Å². The van der Waals surface area contributed by atoms with E-state index in [0.29, 0.717) is 57.1 Å². The summed E-state index contributed by atoms with van der Waals surface area (Å²) in [5.41, 5.74) is 2.36. The molecule has 1 unspecified atom stereocenters. The van der Waals surface area contributed by atoms with Gasteiger partial charge >= 0.3 is 0 Å². The lowest BCUT2D eigenvalue weighted by Crippen LogP contribution is -2.54. The maximum atomic E-state index is 13.5. The first-order chi connectivity index (χ1) is 17.4. The molecule has 2 fully saturated rings. The second-order valence-electron chi connectivity index (χ2n) is 9.26. The molecule has 2 aliphatic heterocycles. The molecule has 2 aromatic carbocycles. The molecule has 0 spiro atoms. The minimum atomic E-state index is -0.738. The van der Waals surface area contributed by atoms with Gasteiger partial charge in [-0.25, -0.2) is 14.4 Å². The molecule has 9 heteroatoms. The number of hydrogen-bond donors (Lipinski definition) is 1. The molecule has 3 heterocycles. The Morgan fingerprint density at radius 3 is 2.58 bits per heavy atom. The van der Waals surface area contributed by atoms with E-state index in [-0.39, 0.29) is 23.5 Å². The van der Waals surface area contributed by atoms with Crippen LogP contribution in [0.3, 0.4) is 0 Å². The van der Waals surface area contributed by atoms with Gasteiger partial charge in [0.2, 0.25) is 17.8 Å². The zero-order valence-electron chi connectivity index (χ0n) is 20.5. The highest BCUT2D eigenvalue weighted by molar-refractivity contribution is 5.90. The molecule has 2 saturated heterocycles. The third kappa shape index (κ3) is 4.69. The number of carbonyl (C=O) groups excluding carboxylic acids is 2. The molecule has 8 nitrogen and oxygen atoms in total. The number of nitrogens with zero attached hydrogens (tertiary/aromatic N) is 4. The third-order valence-corrected chi connectivity index (χ3v) is 6.96. The van der Waals surface area contributed by atoms with Gasteiger partial charge in [0.25, 0.3) is 0 Å². The van der Waals surface area contributed by atoms with Crippen LogP contribution in [0.2, 0.25) is 0 Å². The van der Waals surface area contributed by atoms with E-state index in [4.69, 9.17) is 14.7 Å². The molecular formula is C27H30FN5O3. The van der Waals surface area contributed by atoms with Gasteiger partial charge in [-0.1, -0.05) is 12.1 Å².